The summed E-state index contributed by atoms with van der Waals surface area (Å²) in [5.41, 5.74) is 5.63. The predicted octanol–water partition coefficient (Wildman–Crippen LogP) is 3.96. The van der Waals surface area contributed by atoms with E-state index in [0.717, 1.165) is 23.6 Å². The fourth-order valence-electron chi connectivity index (χ4n) is 3.66. The summed E-state index contributed by atoms with van der Waals surface area (Å²) >= 11 is 1.52. The summed E-state index contributed by atoms with van der Waals surface area (Å²) in [6, 6.07) is 3.11. The van der Waals surface area contributed by atoms with Gasteiger partial charge in [0.2, 0.25) is 5.91 Å². The molecule has 1 heterocycles. The van der Waals surface area contributed by atoms with Gasteiger partial charge in [-0.25, -0.2) is 4.79 Å². The van der Waals surface area contributed by atoms with Crippen LogP contribution in [0.4, 0.5) is 4.79 Å². The number of carbonyl (C=O) groups excluding carboxylic acids is 2. The highest BCUT2D eigenvalue weighted by Crippen LogP contribution is 2.40. The molecule has 1 aliphatic carbocycles. The molecular formula is C19H31N3O2S. The van der Waals surface area contributed by atoms with Gasteiger partial charge in [0.05, 0.1) is 12.5 Å². The van der Waals surface area contributed by atoms with Crippen LogP contribution >= 0.6 is 11.3 Å². The van der Waals surface area contributed by atoms with Gasteiger partial charge in [-0.15, -0.1) is 11.3 Å². The number of urea groups is 1. The number of nitrogens with one attached hydrogen (secondary N) is 2. The van der Waals surface area contributed by atoms with Gasteiger partial charge in [-0.3, -0.25) is 4.79 Å². The Balaban J connectivity index is 1.84. The summed E-state index contributed by atoms with van der Waals surface area (Å²) in [6.45, 7) is 6.94. The van der Waals surface area contributed by atoms with Crippen molar-refractivity contribution in [3.05, 3.63) is 22.4 Å². The molecule has 0 spiro atoms. The van der Waals surface area contributed by atoms with Crippen LogP contribution in [0.15, 0.2) is 17.5 Å². The number of hydrogen-bond donors (Lipinski definition) is 3. The van der Waals surface area contributed by atoms with Gasteiger partial charge < -0.3 is 16.4 Å². The van der Waals surface area contributed by atoms with E-state index in [1.165, 1.54) is 30.6 Å². The third kappa shape index (κ3) is 5.73. The first-order valence-corrected chi connectivity index (χ1v) is 10.1. The van der Waals surface area contributed by atoms with Crippen molar-refractivity contribution in [2.75, 3.05) is 0 Å². The van der Waals surface area contributed by atoms with Crippen molar-refractivity contribution in [1.82, 2.24) is 10.6 Å². The predicted molar refractivity (Wildman–Crippen MR) is 102 cm³/mol. The second-order valence-electron chi connectivity index (χ2n) is 7.74. The number of amides is 3. The van der Waals surface area contributed by atoms with E-state index in [2.05, 4.69) is 31.4 Å². The molecule has 0 bridgehead atoms. The van der Waals surface area contributed by atoms with Gasteiger partial charge in [-0.1, -0.05) is 33.3 Å². The second kappa shape index (κ2) is 8.70. The largest absolute Gasteiger partial charge is 0.353 e. The smallest absolute Gasteiger partial charge is 0.312 e. The fraction of sp³-hybridized carbons (Fsp3) is 0.684. The Morgan fingerprint density at radius 3 is 2.52 bits per heavy atom. The van der Waals surface area contributed by atoms with Gasteiger partial charge in [-0.2, -0.15) is 0 Å². The summed E-state index contributed by atoms with van der Waals surface area (Å²) in [5, 5.41) is 7.75. The second-order valence-corrected chi connectivity index (χ2v) is 8.72. The molecule has 25 heavy (non-hydrogen) atoms. The van der Waals surface area contributed by atoms with E-state index in [-0.39, 0.29) is 24.4 Å². The van der Waals surface area contributed by atoms with Crippen LogP contribution < -0.4 is 16.4 Å². The van der Waals surface area contributed by atoms with Gasteiger partial charge >= 0.3 is 6.03 Å². The molecule has 1 saturated carbocycles. The summed E-state index contributed by atoms with van der Waals surface area (Å²) in [7, 11) is 0. The molecule has 0 radical (unpaired) electrons. The van der Waals surface area contributed by atoms with E-state index < -0.39 is 6.03 Å². The van der Waals surface area contributed by atoms with Crippen LogP contribution in [0.3, 0.4) is 0 Å². The zero-order chi connectivity index (χ0) is 18.4. The van der Waals surface area contributed by atoms with Crippen molar-refractivity contribution in [3.8, 4) is 0 Å². The minimum absolute atomic E-state index is 0.0228. The van der Waals surface area contributed by atoms with E-state index in [0.29, 0.717) is 5.41 Å². The number of carbonyl (C=O) groups is 2. The number of nitrogens with two attached hydrogens (primary N) is 1. The summed E-state index contributed by atoms with van der Waals surface area (Å²) in [4.78, 5) is 24.6. The van der Waals surface area contributed by atoms with Crippen LogP contribution in [0, 0.1) is 11.3 Å². The number of primary amides is 1. The SMILES string of the molecule is CCC(C)(C)C1CCC(NC(=O)CC(NC(N)=O)c2cccs2)CC1. The Hall–Kier alpha value is -1.56. The minimum atomic E-state index is -0.603. The minimum Gasteiger partial charge on any atom is -0.353 e. The van der Waals surface area contributed by atoms with Crippen molar-refractivity contribution >= 4 is 23.3 Å². The maximum atomic E-state index is 12.4. The zero-order valence-electron chi connectivity index (χ0n) is 15.5. The van der Waals surface area contributed by atoms with Crippen molar-refractivity contribution in [1.29, 1.82) is 0 Å². The molecule has 3 amide bonds. The van der Waals surface area contributed by atoms with Crippen LogP contribution in [-0.4, -0.2) is 18.0 Å². The molecule has 0 aliphatic heterocycles. The van der Waals surface area contributed by atoms with E-state index in [9.17, 15) is 9.59 Å². The molecule has 5 nitrogen and oxygen atoms in total. The Labute approximate surface area is 154 Å². The lowest BCUT2D eigenvalue weighted by Gasteiger charge is -2.39. The monoisotopic (exact) mass is 365 g/mol. The molecule has 1 atom stereocenters. The molecule has 140 valence electrons. The summed E-state index contributed by atoms with van der Waals surface area (Å²) < 4.78 is 0. The fourth-order valence-corrected chi connectivity index (χ4v) is 4.44. The molecule has 1 unspecified atom stereocenters. The third-order valence-corrected chi connectivity index (χ3v) is 6.69. The molecule has 1 aromatic rings. The lowest BCUT2D eigenvalue weighted by Crippen LogP contribution is -2.42. The summed E-state index contributed by atoms with van der Waals surface area (Å²) in [5.74, 6) is 0.714. The number of hydrogen-bond acceptors (Lipinski definition) is 3. The van der Waals surface area contributed by atoms with E-state index in [1.807, 2.05) is 17.5 Å². The van der Waals surface area contributed by atoms with Gasteiger partial charge in [0.25, 0.3) is 0 Å². The maximum Gasteiger partial charge on any atom is 0.312 e. The number of thiophene rings is 1. The molecule has 6 heteroatoms. The van der Waals surface area contributed by atoms with Crippen LogP contribution in [0.5, 0.6) is 0 Å². The van der Waals surface area contributed by atoms with Crippen LogP contribution in [0.25, 0.3) is 0 Å². The van der Waals surface area contributed by atoms with E-state index in [1.54, 1.807) is 0 Å². The van der Waals surface area contributed by atoms with E-state index in [4.69, 9.17) is 5.73 Å². The average molecular weight is 366 g/mol. The van der Waals surface area contributed by atoms with Gasteiger partial charge in [0.1, 0.15) is 0 Å². The molecule has 2 rings (SSSR count). The molecule has 1 aliphatic rings. The van der Waals surface area contributed by atoms with Gasteiger partial charge in [0.15, 0.2) is 0 Å². The van der Waals surface area contributed by atoms with Crippen LogP contribution in [0.1, 0.15) is 70.2 Å². The van der Waals surface area contributed by atoms with Crippen molar-refractivity contribution in [3.63, 3.8) is 0 Å². The highest BCUT2D eigenvalue weighted by Gasteiger charge is 2.32. The first kappa shape index (κ1) is 19.8. The van der Waals surface area contributed by atoms with Crippen molar-refractivity contribution in [2.45, 2.75) is 71.4 Å². The quantitative estimate of drug-likeness (QED) is 0.683. The van der Waals surface area contributed by atoms with Gasteiger partial charge in [0, 0.05) is 10.9 Å². The summed E-state index contributed by atoms with van der Waals surface area (Å²) in [6.07, 6.45) is 5.82. The van der Waals surface area contributed by atoms with Gasteiger partial charge in [-0.05, 0) is 48.5 Å². The first-order chi connectivity index (χ1) is 11.8. The molecule has 0 saturated heterocycles. The van der Waals surface area contributed by atoms with Crippen LogP contribution in [0.2, 0.25) is 0 Å². The standard InChI is InChI=1S/C19H31N3O2S/c1-4-19(2,3)13-7-9-14(10-8-13)21-17(23)12-15(22-18(20)24)16-6-5-11-25-16/h5-6,11,13-15H,4,7-10,12H2,1-3H3,(H,21,23)(H3,20,22,24). The van der Waals surface area contributed by atoms with Crippen LogP contribution in [-0.2, 0) is 4.79 Å². The Morgan fingerprint density at radius 2 is 2.00 bits per heavy atom. The zero-order valence-corrected chi connectivity index (χ0v) is 16.3. The highest BCUT2D eigenvalue weighted by molar-refractivity contribution is 7.10. The highest BCUT2D eigenvalue weighted by atomic mass is 32.1. The topological polar surface area (TPSA) is 84.2 Å². The average Bonchev–Trinajstić information content (AvgIpc) is 3.08. The molecule has 4 N–H and O–H groups in total. The maximum absolute atomic E-state index is 12.4. The Morgan fingerprint density at radius 1 is 1.32 bits per heavy atom. The van der Waals surface area contributed by atoms with Crippen molar-refractivity contribution in [2.24, 2.45) is 17.1 Å². The molecule has 1 aromatic heterocycles. The molecule has 0 aromatic carbocycles. The molecular weight excluding hydrogens is 334 g/mol. The third-order valence-electron chi connectivity index (χ3n) is 5.70. The first-order valence-electron chi connectivity index (χ1n) is 9.20. The normalized spacial score (nSPS) is 22.2. The Bertz CT molecular complexity index is 563. The van der Waals surface area contributed by atoms with Crippen molar-refractivity contribution < 1.29 is 9.59 Å². The lowest BCUT2D eigenvalue weighted by atomic mass is 9.69. The lowest BCUT2D eigenvalue weighted by molar-refractivity contribution is -0.122. The van der Waals surface area contributed by atoms with E-state index >= 15 is 0 Å². The Kier molecular flexibility index (Phi) is 6.87. The number of rotatable bonds is 7. The molecule has 1 fully saturated rings.